The fraction of sp³-hybridized carbons (Fsp3) is 0.625. The van der Waals surface area contributed by atoms with Crippen LogP contribution in [0.15, 0.2) is 42.0 Å². The molecule has 0 saturated heterocycles. The Hall–Kier alpha value is -0.811. The van der Waals surface area contributed by atoms with E-state index in [2.05, 4.69) is 46.9 Å². The third-order valence-electron chi connectivity index (χ3n) is 4.32. The third kappa shape index (κ3) is 11.9. The van der Waals surface area contributed by atoms with Crippen LogP contribution in [0.5, 0.6) is 0 Å². The summed E-state index contributed by atoms with van der Waals surface area (Å²) < 4.78 is 12.4. The number of esters is 1. The summed E-state index contributed by atoms with van der Waals surface area (Å²) in [5.74, 6) is -0.143. The van der Waals surface area contributed by atoms with Crippen LogP contribution in [0.1, 0.15) is 53.0 Å². The Balaban J connectivity index is 2.64. The Kier molecular flexibility index (Phi) is 9.75. The standard InChI is InChI=1S/C21H31O3.3CH3.Sn/c1-17(19(22)24-20(2,3)4)12-13-21(5,6)14-15-23-16-18-10-8-7-9-11-18;;;;/h7-12H,1,13-16H2,2-6H3;3*1H3;. The second kappa shape index (κ2) is 10.8. The molecule has 1 aromatic carbocycles. The van der Waals surface area contributed by atoms with Crippen molar-refractivity contribution in [3.05, 3.63) is 47.5 Å². The summed E-state index contributed by atoms with van der Waals surface area (Å²) in [6.45, 7) is 11.6. The molecule has 0 fully saturated rings. The van der Waals surface area contributed by atoms with Gasteiger partial charge in [0.05, 0.1) is 0 Å². The predicted molar refractivity (Wildman–Crippen MR) is 121 cm³/mol. The number of carbonyl (C=O) groups excluding carboxylic acids is 1. The van der Waals surface area contributed by atoms with Gasteiger partial charge in [-0.05, 0) is 0 Å². The van der Waals surface area contributed by atoms with Crippen molar-refractivity contribution in [2.45, 2.75) is 78.9 Å². The molecule has 28 heavy (non-hydrogen) atoms. The number of carbonyl (C=O) groups is 1. The van der Waals surface area contributed by atoms with Gasteiger partial charge in [0, 0.05) is 0 Å². The summed E-state index contributed by atoms with van der Waals surface area (Å²) in [6, 6.07) is 10.2. The molecule has 1 aromatic rings. The van der Waals surface area contributed by atoms with Crippen molar-refractivity contribution in [1.29, 1.82) is 0 Å². The number of benzene rings is 1. The summed E-state index contributed by atoms with van der Waals surface area (Å²) in [5.41, 5.74) is 1.70. The SMILES string of the molecule is CC(C)(CC=C([CH2][Sn]([CH3])([CH3])[CH3])C(=O)OC(C)(C)C)CCOCc1ccccc1. The van der Waals surface area contributed by atoms with Crippen LogP contribution in [-0.4, -0.2) is 36.6 Å². The minimum atomic E-state index is -2.16. The van der Waals surface area contributed by atoms with E-state index in [0.717, 1.165) is 29.5 Å². The average Bonchev–Trinajstić information content (AvgIpc) is 2.54. The summed E-state index contributed by atoms with van der Waals surface area (Å²) in [6.07, 6.45) is 3.95. The van der Waals surface area contributed by atoms with E-state index in [1.807, 2.05) is 39.0 Å². The minimum absolute atomic E-state index is 0.0807. The first-order chi connectivity index (χ1) is 12.8. The second-order valence-corrected chi connectivity index (χ2v) is 26.3. The number of hydrogen-bond acceptors (Lipinski definition) is 3. The number of ether oxygens (including phenoxy) is 2. The van der Waals surface area contributed by atoms with Crippen LogP contribution in [-0.2, 0) is 20.9 Å². The topological polar surface area (TPSA) is 35.5 Å². The molecule has 0 saturated carbocycles. The van der Waals surface area contributed by atoms with Crippen LogP contribution in [0.4, 0.5) is 0 Å². The first kappa shape index (κ1) is 25.2. The first-order valence-electron chi connectivity index (χ1n) is 10.3. The molecule has 0 aliphatic carbocycles. The van der Waals surface area contributed by atoms with Crippen molar-refractivity contribution in [3.63, 3.8) is 0 Å². The molecule has 0 N–H and O–H groups in total. The summed E-state index contributed by atoms with van der Waals surface area (Å²) in [7, 11) is 0. The van der Waals surface area contributed by atoms with Crippen molar-refractivity contribution in [2.75, 3.05) is 6.61 Å². The first-order valence-corrected chi connectivity index (χ1v) is 20.9. The van der Waals surface area contributed by atoms with Crippen LogP contribution in [0.25, 0.3) is 0 Å². The van der Waals surface area contributed by atoms with E-state index >= 15 is 0 Å². The van der Waals surface area contributed by atoms with Crippen LogP contribution < -0.4 is 0 Å². The molecule has 0 aliphatic rings. The van der Waals surface area contributed by atoms with Gasteiger partial charge in [-0.2, -0.15) is 0 Å². The normalized spacial score (nSPS) is 13.5. The van der Waals surface area contributed by atoms with Crippen LogP contribution in [0, 0.1) is 5.41 Å². The quantitative estimate of drug-likeness (QED) is 0.159. The zero-order valence-corrected chi connectivity index (χ0v) is 22.1. The van der Waals surface area contributed by atoms with Gasteiger partial charge in [-0.1, -0.05) is 6.07 Å². The Morgan fingerprint density at radius 1 is 1.04 bits per heavy atom. The monoisotopic (exact) mass is 496 g/mol. The molecule has 3 nitrogen and oxygen atoms in total. The van der Waals surface area contributed by atoms with E-state index in [0.29, 0.717) is 6.61 Å². The van der Waals surface area contributed by atoms with Crippen LogP contribution in [0.3, 0.4) is 0 Å². The molecule has 158 valence electrons. The van der Waals surface area contributed by atoms with Gasteiger partial charge in [0.15, 0.2) is 0 Å². The maximum atomic E-state index is 12.7. The molecule has 0 spiro atoms. The van der Waals surface area contributed by atoms with Gasteiger partial charge in [0.1, 0.15) is 0 Å². The van der Waals surface area contributed by atoms with Crippen molar-refractivity contribution >= 4 is 24.3 Å². The number of allylic oxidation sites excluding steroid dienone is 1. The van der Waals surface area contributed by atoms with Crippen molar-refractivity contribution in [3.8, 4) is 0 Å². The van der Waals surface area contributed by atoms with Crippen LogP contribution >= 0.6 is 0 Å². The van der Waals surface area contributed by atoms with E-state index in [1.54, 1.807) is 0 Å². The molecule has 4 heteroatoms. The molecule has 0 atom stereocenters. The van der Waals surface area contributed by atoms with Crippen molar-refractivity contribution < 1.29 is 14.3 Å². The summed E-state index contributed by atoms with van der Waals surface area (Å²) >= 11 is -2.16. The fourth-order valence-corrected chi connectivity index (χ4v) is 6.84. The molecule has 0 heterocycles. The molecule has 0 radical (unpaired) electrons. The van der Waals surface area contributed by atoms with Crippen LogP contribution in [0.2, 0.25) is 19.3 Å². The molecule has 0 bridgehead atoms. The Morgan fingerprint density at radius 3 is 2.18 bits per heavy atom. The molecular weight excluding hydrogens is 455 g/mol. The Bertz CT molecular complexity index is 634. The van der Waals surface area contributed by atoms with E-state index in [4.69, 9.17) is 9.47 Å². The Labute approximate surface area is 176 Å². The van der Waals surface area contributed by atoms with Gasteiger partial charge >= 0.3 is 171 Å². The Morgan fingerprint density at radius 2 is 1.64 bits per heavy atom. The van der Waals surface area contributed by atoms with Gasteiger partial charge in [-0.3, -0.25) is 0 Å². The zero-order chi connectivity index (χ0) is 21.4. The molecule has 0 aliphatic heterocycles. The van der Waals surface area contributed by atoms with Gasteiger partial charge in [-0.25, -0.2) is 0 Å². The van der Waals surface area contributed by atoms with Gasteiger partial charge in [-0.15, -0.1) is 0 Å². The summed E-state index contributed by atoms with van der Waals surface area (Å²) in [5, 5.41) is 0. The molecule has 0 unspecified atom stereocenters. The third-order valence-corrected chi connectivity index (χ3v) is 8.43. The summed E-state index contributed by atoms with van der Waals surface area (Å²) in [4.78, 5) is 19.8. The number of hydrogen-bond donors (Lipinski definition) is 0. The van der Waals surface area contributed by atoms with Crippen molar-refractivity contribution in [1.82, 2.24) is 0 Å². The van der Waals surface area contributed by atoms with E-state index in [9.17, 15) is 4.79 Å². The maximum absolute atomic E-state index is 12.7. The van der Waals surface area contributed by atoms with E-state index < -0.39 is 24.0 Å². The fourth-order valence-electron chi connectivity index (χ4n) is 2.76. The molecule has 0 aromatic heterocycles. The van der Waals surface area contributed by atoms with E-state index in [-0.39, 0.29) is 11.4 Å². The van der Waals surface area contributed by atoms with Gasteiger partial charge < -0.3 is 0 Å². The number of rotatable bonds is 10. The van der Waals surface area contributed by atoms with E-state index in [1.165, 1.54) is 5.56 Å². The van der Waals surface area contributed by atoms with Gasteiger partial charge in [0.2, 0.25) is 0 Å². The second-order valence-electron chi connectivity index (χ2n) is 10.6. The van der Waals surface area contributed by atoms with Crippen molar-refractivity contribution in [2.24, 2.45) is 5.41 Å². The van der Waals surface area contributed by atoms with Gasteiger partial charge in [0.25, 0.3) is 0 Å². The molecular formula is C24H40O3Sn. The zero-order valence-electron chi connectivity index (χ0n) is 19.2. The average molecular weight is 495 g/mol. The predicted octanol–water partition coefficient (Wildman–Crippen LogP) is 6.62. The molecule has 0 amide bonds. The molecule has 1 rings (SSSR count).